The molecule has 0 unspecified atom stereocenters. The monoisotopic (exact) mass is 252 g/mol. The van der Waals surface area contributed by atoms with Crippen LogP contribution in [0.15, 0.2) is 35.4 Å². The van der Waals surface area contributed by atoms with Crippen molar-refractivity contribution in [2.45, 2.75) is 4.90 Å². The van der Waals surface area contributed by atoms with E-state index < -0.39 is 10.0 Å². The second-order valence-electron chi connectivity index (χ2n) is 3.77. The van der Waals surface area contributed by atoms with Gasteiger partial charge in [0.25, 0.3) is 0 Å². The fourth-order valence-corrected chi connectivity index (χ4v) is 2.63. The Morgan fingerprint density at radius 2 is 1.94 bits per heavy atom. The molecular formula is C11H12N2O3S. The Kier molecular flexibility index (Phi) is 2.76. The van der Waals surface area contributed by atoms with Gasteiger partial charge in [0.05, 0.1) is 4.90 Å². The maximum atomic E-state index is 12.1. The molecule has 17 heavy (non-hydrogen) atoms. The van der Waals surface area contributed by atoms with Gasteiger partial charge in [-0.1, -0.05) is 0 Å². The van der Waals surface area contributed by atoms with Crippen molar-refractivity contribution in [3.8, 4) is 5.75 Å². The van der Waals surface area contributed by atoms with Gasteiger partial charge in [-0.15, -0.1) is 0 Å². The number of hydrogen-bond acceptors (Lipinski definition) is 4. The van der Waals surface area contributed by atoms with Gasteiger partial charge in [-0.2, -0.15) is 0 Å². The number of phenolic OH excluding ortho intramolecular Hbond substituents is 1. The first-order valence-electron chi connectivity index (χ1n) is 4.94. The van der Waals surface area contributed by atoms with Crippen LogP contribution in [0, 0.1) is 0 Å². The Labute approximate surface area is 99.4 Å². The lowest BCUT2D eigenvalue weighted by Crippen LogP contribution is -2.22. The van der Waals surface area contributed by atoms with E-state index in [1.165, 1.54) is 32.4 Å². The van der Waals surface area contributed by atoms with Gasteiger partial charge in [0.2, 0.25) is 10.0 Å². The minimum atomic E-state index is -3.54. The van der Waals surface area contributed by atoms with Crippen LogP contribution in [-0.2, 0) is 10.0 Å². The standard InChI is InChI=1S/C11H12N2O3S/c1-13(2)17(15,16)10-6-5-9(14)11-8(10)4-3-7-12-11/h3-7,14H,1-2H3. The van der Waals surface area contributed by atoms with E-state index in [-0.39, 0.29) is 16.2 Å². The van der Waals surface area contributed by atoms with Crippen LogP contribution in [0.5, 0.6) is 5.75 Å². The molecule has 90 valence electrons. The quantitative estimate of drug-likeness (QED) is 0.871. The maximum Gasteiger partial charge on any atom is 0.243 e. The molecule has 0 amide bonds. The molecule has 5 nitrogen and oxygen atoms in total. The van der Waals surface area contributed by atoms with E-state index in [9.17, 15) is 13.5 Å². The summed E-state index contributed by atoms with van der Waals surface area (Å²) in [6.07, 6.45) is 1.51. The van der Waals surface area contributed by atoms with Crippen molar-refractivity contribution in [3.05, 3.63) is 30.5 Å². The summed E-state index contributed by atoms with van der Waals surface area (Å²) in [5.41, 5.74) is 0.287. The number of fused-ring (bicyclic) bond motifs is 1. The van der Waals surface area contributed by atoms with E-state index in [2.05, 4.69) is 4.98 Å². The second kappa shape index (κ2) is 3.97. The van der Waals surface area contributed by atoms with Gasteiger partial charge in [-0.05, 0) is 24.3 Å². The van der Waals surface area contributed by atoms with Crippen molar-refractivity contribution in [2.75, 3.05) is 14.1 Å². The van der Waals surface area contributed by atoms with Gasteiger partial charge in [-0.3, -0.25) is 4.98 Å². The van der Waals surface area contributed by atoms with Gasteiger partial charge in [0.1, 0.15) is 11.3 Å². The zero-order chi connectivity index (χ0) is 12.6. The zero-order valence-corrected chi connectivity index (χ0v) is 10.3. The van der Waals surface area contributed by atoms with Crippen LogP contribution in [0.25, 0.3) is 10.9 Å². The van der Waals surface area contributed by atoms with Gasteiger partial charge >= 0.3 is 0 Å². The number of aromatic nitrogens is 1. The number of aromatic hydroxyl groups is 1. The molecule has 6 heteroatoms. The van der Waals surface area contributed by atoms with Crippen molar-refractivity contribution < 1.29 is 13.5 Å². The first-order chi connectivity index (χ1) is 7.94. The molecule has 2 aromatic rings. The molecule has 0 aliphatic carbocycles. The van der Waals surface area contributed by atoms with Crippen LogP contribution in [0.4, 0.5) is 0 Å². The van der Waals surface area contributed by atoms with Crippen molar-refractivity contribution in [1.82, 2.24) is 9.29 Å². The summed E-state index contributed by atoms with van der Waals surface area (Å²) in [6.45, 7) is 0. The van der Waals surface area contributed by atoms with Crippen molar-refractivity contribution in [1.29, 1.82) is 0 Å². The number of hydrogen-bond donors (Lipinski definition) is 1. The molecule has 1 heterocycles. The van der Waals surface area contributed by atoms with E-state index in [0.29, 0.717) is 5.39 Å². The highest BCUT2D eigenvalue weighted by Crippen LogP contribution is 2.29. The highest BCUT2D eigenvalue weighted by Gasteiger charge is 2.21. The van der Waals surface area contributed by atoms with Crippen LogP contribution in [0.1, 0.15) is 0 Å². The smallest absolute Gasteiger partial charge is 0.243 e. The molecule has 0 saturated heterocycles. The zero-order valence-electron chi connectivity index (χ0n) is 9.45. The third-order valence-corrected chi connectivity index (χ3v) is 4.34. The SMILES string of the molecule is CN(C)S(=O)(=O)c1ccc(O)c2ncccc12. The molecule has 0 radical (unpaired) electrons. The van der Waals surface area contributed by atoms with Crippen molar-refractivity contribution in [3.63, 3.8) is 0 Å². The summed E-state index contributed by atoms with van der Waals surface area (Å²) in [6, 6.07) is 5.98. The van der Waals surface area contributed by atoms with Crippen LogP contribution in [-0.4, -0.2) is 36.9 Å². The lowest BCUT2D eigenvalue weighted by molar-refractivity contribution is 0.480. The van der Waals surface area contributed by atoms with E-state index in [1.54, 1.807) is 12.1 Å². The summed E-state index contributed by atoms with van der Waals surface area (Å²) in [5, 5.41) is 10.0. The molecule has 1 aromatic heterocycles. The van der Waals surface area contributed by atoms with Crippen molar-refractivity contribution in [2.24, 2.45) is 0 Å². The summed E-state index contributed by atoms with van der Waals surface area (Å²) < 4.78 is 25.3. The average Bonchev–Trinajstić information content (AvgIpc) is 2.29. The molecule has 2 rings (SSSR count). The largest absolute Gasteiger partial charge is 0.506 e. The lowest BCUT2D eigenvalue weighted by Gasteiger charge is -2.13. The topological polar surface area (TPSA) is 70.5 Å². The van der Waals surface area contributed by atoms with Crippen LogP contribution < -0.4 is 0 Å². The molecule has 0 saturated carbocycles. The van der Waals surface area contributed by atoms with Crippen LogP contribution in [0.2, 0.25) is 0 Å². The lowest BCUT2D eigenvalue weighted by atomic mass is 10.2. The molecule has 0 aliphatic heterocycles. The predicted molar refractivity (Wildman–Crippen MR) is 64.3 cm³/mol. The number of benzene rings is 1. The highest BCUT2D eigenvalue weighted by molar-refractivity contribution is 7.89. The summed E-state index contributed by atoms with van der Waals surface area (Å²) in [4.78, 5) is 4.12. The molecular weight excluding hydrogens is 240 g/mol. The highest BCUT2D eigenvalue weighted by atomic mass is 32.2. The van der Waals surface area contributed by atoms with Crippen LogP contribution >= 0.6 is 0 Å². The Morgan fingerprint density at radius 3 is 2.59 bits per heavy atom. The first kappa shape index (κ1) is 11.8. The maximum absolute atomic E-state index is 12.1. The molecule has 0 atom stereocenters. The normalized spacial score (nSPS) is 12.2. The molecule has 0 aliphatic rings. The summed E-state index contributed by atoms with van der Waals surface area (Å²) >= 11 is 0. The second-order valence-corrected chi connectivity index (χ2v) is 5.89. The van der Waals surface area contributed by atoms with Gasteiger partial charge in [-0.25, -0.2) is 12.7 Å². The van der Waals surface area contributed by atoms with E-state index in [1.807, 2.05) is 0 Å². The molecule has 1 N–H and O–H groups in total. The van der Waals surface area contributed by atoms with Crippen LogP contribution in [0.3, 0.4) is 0 Å². The van der Waals surface area contributed by atoms with E-state index >= 15 is 0 Å². The third-order valence-electron chi connectivity index (χ3n) is 2.47. The van der Waals surface area contributed by atoms with Gasteiger partial charge in [0.15, 0.2) is 0 Å². The minimum Gasteiger partial charge on any atom is -0.506 e. The molecule has 0 fully saturated rings. The third kappa shape index (κ3) is 1.85. The fourth-order valence-electron chi connectivity index (χ4n) is 1.55. The number of sulfonamides is 1. The van der Waals surface area contributed by atoms with Gasteiger partial charge < -0.3 is 5.11 Å². The predicted octanol–water partition coefficient (Wildman–Crippen LogP) is 1.19. The number of nitrogens with zero attached hydrogens (tertiary/aromatic N) is 2. The minimum absolute atomic E-state index is 0.0293. The van der Waals surface area contributed by atoms with Crippen molar-refractivity contribution >= 4 is 20.9 Å². The average molecular weight is 252 g/mol. The molecule has 0 spiro atoms. The Bertz CT molecular complexity index is 665. The number of rotatable bonds is 2. The Hall–Kier alpha value is -1.66. The number of pyridine rings is 1. The van der Waals surface area contributed by atoms with E-state index in [4.69, 9.17) is 0 Å². The molecule has 0 bridgehead atoms. The van der Waals surface area contributed by atoms with Gasteiger partial charge in [0, 0.05) is 25.7 Å². The fraction of sp³-hybridized carbons (Fsp3) is 0.182. The van der Waals surface area contributed by atoms with E-state index in [0.717, 1.165) is 4.31 Å². The summed E-state index contributed by atoms with van der Waals surface area (Å²) in [7, 11) is -0.613. The first-order valence-corrected chi connectivity index (χ1v) is 6.38. The Morgan fingerprint density at radius 1 is 1.24 bits per heavy atom. The molecule has 1 aromatic carbocycles. The summed E-state index contributed by atoms with van der Waals surface area (Å²) in [5.74, 6) is -0.0293. The number of phenols is 1. The Balaban J connectivity index is 2.86.